The maximum Gasteiger partial charge on any atom is 0.226 e. The summed E-state index contributed by atoms with van der Waals surface area (Å²) in [4.78, 5) is 25.5. The predicted octanol–water partition coefficient (Wildman–Crippen LogP) is 3.12. The Kier molecular flexibility index (Phi) is 6.72. The van der Waals surface area contributed by atoms with Crippen molar-refractivity contribution in [3.63, 3.8) is 0 Å². The van der Waals surface area contributed by atoms with E-state index in [1.165, 1.54) is 38.3 Å². The Hall–Kier alpha value is -2.89. The molecule has 1 amide bonds. The van der Waals surface area contributed by atoms with Gasteiger partial charge in [0, 0.05) is 18.2 Å². The quantitative estimate of drug-likeness (QED) is 0.680. The maximum atomic E-state index is 12.9. The highest BCUT2D eigenvalue weighted by molar-refractivity contribution is 5.94. The number of rotatable bonds is 8. The smallest absolute Gasteiger partial charge is 0.226 e. The van der Waals surface area contributed by atoms with E-state index in [0.29, 0.717) is 35.8 Å². The number of benzene rings is 2. The molecule has 0 bridgehead atoms. The minimum absolute atomic E-state index is 0.0672. The second kappa shape index (κ2) is 8.99. The molecule has 0 aromatic heterocycles. The van der Waals surface area contributed by atoms with Crippen LogP contribution in [-0.4, -0.2) is 43.9 Å². The van der Waals surface area contributed by atoms with Gasteiger partial charge in [0.2, 0.25) is 5.91 Å². The minimum Gasteiger partial charge on any atom is -0.496 e. The lowest BCUT2D eigenvalue weighted by Crippen LogP contribution is -2.32. The third kappa shape index (κ3) is 5.31. The van der Waals surface area contributed by atoms with E-state index in [1.54, 1.807) is 30.1 Å². The summed E-state index contributed by atoms with van der Waals surface area (Å²) < 4.78 is 23.6. The number of halogens is 1. The highest BCUT2D eigenvalue weighted by Crippen LogP contribution is 2.21. The Morgan fingerprint density at radius 2 is 1.81 bits per heavy atom. The fraction of sp³-hybridized carbons (Fsp3) is 0.300. The van der Waals surface area contributed by atoms with Crippen LogP contribution in [0.1, 0.15) is 22.8 Å². The molecular formula is C20H22FNO4. The molecule has 0 spiro atoms. The van der Waals surface area contributed by atoms with Crippen molar-refractivity contribution in [2.24, 2.45) is 0 Å². The fourth-order valence-corrected chi connectivity index (χ4v) is 2.39. The second-order valence-electron chi connectivity index (χ2n) is 5.88. The molecule has 0 aliphatic carbocycles. The Labute approximate surface area is 152 Å². The summed E-state index contributed by atoms with van der Waals surface area (Å²) in [6.45, 7) is 2.15. The summed E-state index contributed by atoms with van der Waals surface area (Å²) in [6, 6.07) is 10.8. The number of ether oxygens (including phenoxy) is 2. The lowest BCUT2D eigenvalue weighted by atomic mass is 10.0. The molecular weight excluding hydrogens is 337 g/mol. The molecule has 2 rings (SSSR count). The Morgan fingerprint density at radius 1 is 1.12 bits per heavy atom. The molecule has 6 heteroatoms. The first-order valence-electron chi connectivity index (χ1n) is 8.21. The van der Waals surface area contributed by atoms with Crippen LogP contribution in [0.4, 0.5) is 4.39 Å². The van der Waals surface area contributed by atoms with Crippen LogP contribution in [0, 0.1) is 5.82 Å². The van der Waals surface area contributed by atoms with Gasteiger partial charge in [0.15, 0.2) is 5.78 Å². The molecule has 0 atom stereocenters. The zero-order valence-corrected chi connectivity index (χ0v) is 15.1. The third-order valence-corrected chi connectivity index (χ3v) is 3.96. The van der Waals surface area contributed by atoms with Crippen LogP contribution in [0.25, 0.3) is 0 Å². The van der Waals surface area contributed by atoms with Gasteiger partial charge in [-0.25, -0.2) is 4.39 Å². The van der Waals surface area contributed by atoms with E-state index in [2.05, 4.69) is 0 Å². The fourth-order valence-electron chi connectivity index (χ4n) is 2.39. The molecule has 0 radical (unpaired) electrons. The van der Waals surface area contributed by atoms with E-state index in [1.807, 2.05) is 0 Å². The minimum atomic E-state index is -0.327. The molecule has 0 fully saturated rings. The average Bonchev–Trinajstić information content (AvgIpc) is 2.63. The van der Waals surface area contributed by atoms with E-state index < -0.39 is 0 Å². The summed E-state index contributed by atoms with van der Waals surface area (Å²) in [5, 5.41) is 0. The molecule has 0 saturated carbocycles. The first-order valence-corrected chi connectivity index (χ1v) is 8.21. The maximum absolute atomic E-state index is 12.9. The van der Waals surface area contributed by atoms with Gasteiger partial charge in [-0.2, -0.15) is 0 Å². The van der Waals surface area contributed by atoms with Crippen molar-refractivity contribution in [2.45, 2.75) is 13.3 Å². The van der Waals surface area contributed by atoms with Gasteiger partial charge in [-0.1, -0.05) is 0 Å². The molecule has 5 nitrogen and oxygen atoms in total. The van der Waals surface area contributed by atoms with Crippen molar-refractivity contribution in [3.8, 4) is 11.5 Å². The topological polar surface area (TPSA) is 55.8 Å². The van der Waals surface area contributed by atoms with Gasteiger partial charge in [0.1, 0.15) is 23.9 Å². The zero-order valence-electron chi connectivity index (χ0n) is 15.1. The van der Waals surface area contributed by atoms with E-state index in [-0.39, 0.29) is 23.9 Å². The van der Waals surface area contributed by atoms with Gasteiger partial charge in [-0.3, -0.25) is 9.59 Å². The number of nitrogens with zero attached hydrogens (tertiary/aromatic N) is 1. The summed E-state index contributed by atoms with van der Waals surface area (Å²) in [6.07, 6.45) is 0.122. The molecule has 26 heavy (non-hydrogen) atoms. The van der Waals surface area contributed by atoms with Crippen molar-refractivity contribution in [2.75, 3.05) is 27.3 Å². The van der Waals surface area contributed by atoms with Crippen molar-refractivity contribution >= 4 is 11.7 Å². The summed E-state index contributed by atoms with van der Waals surface area (Å²) in [5.74, 6) is 0.600. The molecule has 138 valence electrons. The number of carbonyl (C=O) groups excluding carboxylic acids is 2. The monoisotopic (exact) mass is 359 g/mol. The number of ketones is 1. The van der Waals surface area contributed by atoms with Crippen LogP contribution >= 0.6 is 0 Å². The highest BCUT2D eigenvalue weighted by Gasteiger charge is 2.14. The van der Waals surface area contributed by atoms with Gasteiger partial charge >= 0.3 is 0 Å². The summed E-state index contributed by atoms with van der Waals surface area (Å²) in [7, 11) is 3.20. The normalized spacial score (nSPS) is 10.3. The lowest BCUT2D eigenvalue weighted by molar-refractivity contribution is -0.129. The van der Waals surface area contributed by atoms with Gasteiger partial charge in [0.05, 0.1) is 20.1 Å². The van der Waals surface area contributed by atoms with Crippen LogP contribution in [0.5, 0.6) is 11.5 Å². The standard InChI is InChI=1S/C20H22FNO4/c1-14(23)15-4-9-19(25-3)16(12-15)13-20(24)22(2)10-11-26-18-7-5-17(21)6-8-18/h4-9,12H,10-11,13H2,1-3H3. The van der Waals surface area contributed by atoms with Gasteiger partial charge < -0.3 is 14.4 Å². The number of carbonyl (C=O) groups is 2. The van der Waals surface area contributed by atoms with E-state index >= 15 is 0 Å². The largest absolute Gasteiger partial charge is 0.496 e. The molecule has 0 aliphatic rings. The second-order valence-corrected chi connectivity index (χ2v) is 5.88. The van der Waals surface area contributed by atoms with Crippen molar-refractivity contribution in [1.29, 1.82) is 0 Å². The van der Waals surface area contributed by atoms with E-state index in [4.69, 9.17) is 9.47 Å². The number of likely N-dealkylation sites (N-methyl/N-ethyl adjacent to an activating group) is 1. The SMILES string of the molecule is COc1ccc(C(C)=O)cc1CC(=O)N(C)CCOc1ccc(F)cc1. The lowest BCUT2D eigenvalue weighted by Gasteiger charge is -2.18. The number of methoxy groups -OCH3 is 1. The van der Waals surface area contributed by atoms with Crippen molar-refractivity contribution in [1.82, 2.24) is 4.90 Å². The van der Waals surface area contributed by atoms with Crippen LogP contribution in [-0.2, 0) is 11.2 Å². The van der Waals surface area contributed by atoms with Crippen LogP contribution in [0.15, 0.2) is 42.5 Å². The Morgan fingerprint density at radius 3 is 2.42 bits per heavy atom. The van der Waals surface area contributed by atoms with Crippen molar-refractivity contribution < 1.29 is 23.5 Å². The summed E-state index contributed by atoms with van der Waals surface area (Å²) >= 11 is 0. The number of hydrogen-bond acceptors (Lipinski definition) is 4. The zero-order chi connectivity index (χ0) is 19.1. The summed E-state index contributed by atoms with van der Waals surface area (Å²) in [5.41, 5.74) is 1.20. The molecule has 2 aromatic carbocycles. The number of Topliss-reactive ketones (excluding diaryl/α,β-unsaturated/α-hetero) is 1. The molecule has 2 aromatic rings. The number of hydrogen-bond donors (Lipinski definition) is 0. The van der Waals surface area contributed by atoms with Crippen molar-refractivity contribution in [3.05, 3.63) is 59.4 Å². The van der Waals surface area contributed by atoms with Gasteiger partial charge in [0.25, 0.3) is 0 Å². The van der Waals surface area contributed by atoms with Crippen LogP contribution < -0.4 is 9.47 Å². The average molecular weight is 359 g/mol. The van der Waals surface area contributed by atoms with Crippen LogP contribution in [0.3, 0.4) is 0 Å². The molecule has 0 saturated heterocycles. The molecule has 0 aliphatic heterocycles. The van der Waals surface area contributed by atoms with E-state index in [0.717, 1.165) is 0 Å². The first-order chi connectivity index (χ1) is 12.4. The first kappa shape index (κ1) is 19.4. The Bertz CT molecular complexity index is 774. The van der Waals surface area contributed by atoms with Crippen LogP contribution in [0.2, 0.25) is 0 Å². The van der Waals surface area contributed by atoms with E-state index in [9.17, 15) is 14.0 Å². The molecule has 0 unspecified atom stereocenters. The third-order valence-electron chi connectivity index (χ3n) is 3.96. The predicted molar refractivity (Wildman–Crippen MR) is 96.2 cm³/mol. The van der Waals surface area contributed by atoms with Gasteiger partial charge in [-0.05, 0) is 49.4 Å². The number of amides is 1. The highest BCUT2D eigenvalue weighted by atomic mass is 19.1. The van der Waals surface area contributed by atoms with Gasteiger partial charge in [-0.15, -0.1) is 0 Å². The Balaban J connectivity index is 1.93. The molecule has 0 N–H and O–H groups in total. The molecule has 0 heterocycles.